The number of benzene rings is 1. The molecule has 1 rings (SSSR count). The van der Waals surface area contributed by atoms with E-state index in [1.165, 1.54) is 5.56 Å². The Morgan fingerprint density at radius 2 is 2.07 bits per heavy atom. The lowest BCUT2D eigenvalue weighted by molar-refractivity contribution is 0.170. The third kappa shape index (κ3) is 4.34. The zero-order valence-corrected chi connectivity index (χ0v) is 9.57. The first-order valence-electron chi connectivity index (χ1n) is 5.62. The Morgan fingerprint density at radius 1 is 1.33 bits per heavy atom. The standard InChI is InChI=1S/C13H20O2/c1-3-12-8-4-5-9-13(12)15-10-6-7-11(2)14/h4-5,8-9,11,14H,3,6-7,10H2,1-2H3. The largest absolute Gasteiger partial charge is 0.493 e. The van der Waals surface area contributed by atoms with E-state index in [4.69, 9.17) is 9.84 Å². The van der Waals surface area contributed by atoms with Gasteiger partial charge in [-0.05, 0) is 37.8 Å². The van der Waals surface area contributed by atoms with Crippen LogP contribution in [0.5, 0.6) is 5.75 Å². The van der Waals surface area contributed by atoms with E-state index in [1.54, 1.807) is 6.92 Å². The van der Waals surface area contributed by atoms with Gasteiger partial charge >= 0.3 is 0 Å². The van der Waals surface area contributed by atoms with Crippen molar-refractivity contribution in [1.29, 1.82) is 0 Å². The van der Waals surface area contributed by atoms with Crippen LogP contribution < -0.4 is 4.74 Å². The Kier molecular flexibility index (Phi) is 5.19. The number of aliphatic hydroxyl groups excluding tert-OH is 1. The molecule has 1 unspecified atom stereocenters. The van der Waals surface area contributed by atoms with E-state index in [1.807, 2.05) is 18.2 Å². The first-order chi connectivity index (χ1) is 7.24. The topological polar surface area (TPSA) is 29.5 Å². The fourth-order valence-corrected chi connectivity index (χ4v) is 1.50. The van der Waals surface area contributed by atoms with Crippen molar-refractivity contribution in [2.75, 3.05) is 6.61 Å². The summed E-state index contributed by atoms with van der Waals surface area (Å²) in [5, 5.41) is 9.09. The number of aryl methyl sites for hydroxylation is 1. The molecule has 0 bridgehead atoms. The number of aliphatic hydroxyl groups is 1. The van der Waals surface area contributed by atoms with Crippen LogP contribution in [0.4, 0.5) is 0 Å². The van der Waals surface area contributed by atoms with Gasteiger partial charge in [0, 0.05) is 0 Å². The first-order valence-corrected chi connectivity index (χ1v) is 5.62. The lowest BCUT2D eigenvalue weighted by atomic mass is 10.1. The van der Waals surface area contributed by atoms with Gasteiger partial charge in [-0.1, -0.05) is 25.1 Å². The van der Waals surface area contributed by atoms with Crippen molar-refractivity contribution >= 4 is 0 Å². The van der Waals surface area contributed by atoms with Crippen molar-refractivity contribution in [3.8, 4) is 5.75 Å². The Bertz CT molecular complexity index is 282. The molecule has 0 radical (unpaired) electrons. The average Bonchev–Trinajstić information content (AvgIpc) is 2.24. The zero-order valence-electron chi connectivity index (χ0n) is 9.57. The summed E-state index contributed by atoms with van der Waals surface area (Å²) in [7, 11) is 0. The maximum absolute atomic E-state index is 9.09. The molecule has 0 heterocycles. The van der Waals surface area contributed by atoms with E-state index >= 15 is 0 Å². The summed E-state index contributed by atoms with van der Waals surface area (Å²) in [5.74, 6) is 0.977. The molecule has 1 atom stereocenters. The molecular weight excluding hydrogens is 188 g/mol. The summed E-state index contributed by atoms with van der Waals surface area (Å²) >= 11 is 0. The average molecular weight is 208 g/mol. The normalized spacial score (nSPS) is 12.5. The van der Waals surface area contributed by atoms with Gasteiger partial charge in [-0.3, -0.25) is 0 Å². The highest BCUT2D eigenvalue weighted by atomic mass is 16.5. The molecule has 0 aliphatic rings. The van der Waals surface area contributed by atoms with Crippen LogP contribution in [0.1, 0.15) is 32.3 Å². The van der Waals surface area contributed by atoms with Gasteiger partial charge in [-0.25, -0.2) is 0 Å². The molecule has 0 aliphatic carbocycles. The van der Waals surface area contributed by atoms with Crippen LogP contribution in [0, 0.1) is 0 Å². The number of rotatable bonds is 6. The molecule has 1 aromatic carbocycles. The molecule has 0 amide bonds. The van der Waals surface area contributed by atoms with Crippen molar-refractivity contribution < 1.29 is 9.84 Å². The summed E-state index contributed by atoms with van der Waals surface area (Å²) in [6.45, 7) is 4.61. The highest BCUT2D eigenvalue weighted by molar-refractivity contribution is 5.33. The van der Waals surface area contributed by atoms with E-state index in [9.17, 15) is 0 Å². The lowest BCUT2D eigenvalue weighted by Gasteiger charge is -2.10. The van der Waals surface area contributed by atoms with Gasteiger partial charge in [0.15, 0.2) is 0 Å². The molecule has 2 nitrogen and oxygen atoms in total. The minimum atomic E-state index is -0.227. The maximum Gasteiger partial charge on any atom is 0.122 e. The van der Waals surface area contributed by atoms with Crippen molar-refractivity contribution in [2.24, 2.45) is 0 Å². The second-order valence-corrected chi connectivity index (χ2v) is 3.80. The molecule has 15 heavy (non-hydrogen) atoms. The second-order valence-electron chi connectivity index (χ2n) is 3.80. The molecule has 0 saturated heterocycles. The van der Waals surface area contributed by atoms with Crippen LogP contribution in [0.25, 0.3) is 0 Å². The van der Waals surface area contributed by atoms with Gasteiger partial charge in [-0.2, -0.15) is 0 Å². The molecule has 0 saturated carbocycles. The molecule has 0 aromatic heterocycles. The number of ether oxygens (including phenoxy) is 1. The third-order valence-electron chi connectivity index (χ3n) is 2.38. The number of hydrogen-bond acceptors (Lipinski definition) is 2. The van der Waals surface area contributed by atoms with Crippen LogP contribution in [0.15, 0.2) is 24.3 Å². The summed E-state index contributed by atoms with van der Waals surface area (Å²) < 4.78 is 5.67. The Balaban J connectivity index is 2.36. The minimum absolute atomic E-state index is 0.227. The Hall–Kier alpha value is -1.02. The fourth-order valence-electron chi connectivity index (χ4n) is 1.50. The molecule has 1 N–H and O–H groups in total. The lowest BCUT2D eigenvalue weighted by Crippen LogP contribution is -2.05. The predicted molar refractivity (Wildman–Crippen MR) is 62.2 cm³/mol. The van der Waals surface area contributed by atoms with Crippen molar-refractivity contribution in [3.05, 3.63) is 29.8 Å². The first kappa shape index (κ1) is 12.1. The summed E-state index contributed by atoms with van der Waals surface area (Å²) in [5.41, 5.74) is 1.24. The highest BCUT2D eigenvalue weighted by Gasteiger charge is 2.01. The fraction of sp³-hybridized carbons (Fsp3) is 0.538. The van der Waals surface area contributed by atoms with Gasteiger partial charge in [-0.15, -0.1) is 0 Å². The van der Waals surface area contributed by atoms with Crippen molar-refractivity contribution in [3.63, 3.8) is 0 Å². The highest BCUT2D eigenvalue weighted by Crippen LogP contribution is 2.18. The smallest absolute Gasteiger partial charge is 0.122 e. The van der Waals surface area contributed by atoms with Gasteiger partial charge < -0.3 is 9.84 Å². The molecule has 84 valence electrons. The van der Waals surface area contributed by atoms with Crippen LogP contribution in [0.3, 0.4) is 0 Å². The monoisotopic (exact) mass is 208 g/mol. The Labute approximate surface area is 91.9 Å². The van der Waals surface area contributed by atoms with Gasteiger partial charge in [0.1, 0.15) is 5.75 Å². The molecule has 1 aromatic rings. The molecule has 0 spiro atoms. The van der Waals surface area contributed by atoms with Crippen LogP contribution >= 0.6 is 0 Å². The minimum Gasteiger partial charge on any atom is -0.493 e. The van der Waals surface area contributed by atoms with E-state index in [0.29, 0.717) is 6.61 Å². The molecule has 2 heteroatoms. The summed E-state index contributed by atoms with van der Waals surface area (Å²) in [6, 6.07) is 8.11. The van der Waals surface area contributed by atoms with E-state index in [-0.39, 0.29) is 6.10 Å². The van der Waals surface area contributed by atoms with E-state index in [2.05, 4.69) is 13.0 Å². The van der Waals surface area contributed by atoms with Gasteiger partial charge in [0.25, 0.3) is 0 Å². The zero-order chi connectivity index (χ0) is 11.1. The number of hydrogen-bond donors (Lipinski definition) is 1. The second kappa shape index (κ2) is 6.46. The SMILES string of the molecule is CCc1ccccc1OCCCC(C)O. The van der Waals surface area contributed by atoms with Gasteiger partial charge in [0.05, 0.1) is 12.7 Å². The molecular formula is C13H20O2. The van der Waals surface area contributed by atoms with Crippen LogP contribution in [0.2, 0.25) is 0 Å². The van der Waals surface area contributed by atoms with Crippen molar-refractivity contribution in [1.82, 2.24) is 0 Å². The predicted octanol–water partition coefficient (Wildman–Crippen LogP) is 2.79. The van der Waals surface area contributed by atoms with E-state index < -0.39 is 0 Å². The van der Waals surface area contributed by atoms with Crippen molar-refractivity contribution in [2.45, 2.75) is 39.2 Å². The Morgan fingerprint density at radius 3 is 2.73 bits per heavy atom. The quantitative estimate of drug-likeness (QED) is 0.728. The summed E-state index contributed by atoms with van der Waals surface area (Å²) in [6.07, 6.45) is 2.46. The molecule has 0 aliphatic heterocycles. The maximum atomic E-state index is 9.09. The molecule has 0 fully saturated rings. The summed E-state index contributed by atoms with van der Waals surface area (Å²) in [4.78, 5) is 0. The van der Waals surface area contributed by atoms with Crippen LogP contribution in [-0.2, 0) is 6.42 Å². The van der Waals surface area contributed by atoms with E-state index in [0.717, 1.165) is 25.0 Å². The third-order valence-corrected chi connectivity index (χ3v) is 2.38. The van der Waals surface area contributed by atoms with Crippen LogP contribution in [-0.4, -0.2) is 17.8 Å². The van der Waals surface area contributed by atoms with Gasteiger partial charge in [0.2, 0.25) is 0 Å². The number of para-hydroxylation sites is 1.